The molecule has 1 atom stereocenters. The zero-order valence-electron chi connectivity index (χ0n) is 27.6. The third-order valence-corrected chi connectivity index (χ3v) is 8.35. The summed E-state index contributed by atoms with van der Waals surface area (Å²) in [4.78, 5) is 84.7. The summed E-state index contributed by atoms with van der Waals surface area (Å²) in [7, 11) is 0. The number of rotatable bonds is 12. The van der Waals surface area contributed by atoms with Gasteiger partial charge in [0.25, 0.3) is 11.8 Å². The molecule has 1 aromatic carbocycles. The van der Waals surface area contributed by atoms with E-state index in [0.717, 1.165) is 5.56 Å². The Hall–Kier alpha value is -4.95. The third-order valence-electron chi connectivity index (χ3n) is 8.35. The van der Waals surface area contributed by atoms with Crippen molar-refractivity contribution < 1.29 is 48.1 Å². The van der Waals surface area contributed by atoms with Crippen LogP contribution in [0.25, 0.3) is 10.9 Å². The summed E-state index contributed by atoms with van der Waals surface area (Å²) in [5.74, 6) is -2.86. The van der Waals surface area contributed by atoms with Crippen molar-refractivity contribution in [1.29, 1.82) is 0 Å². The zero-order valence-corrected chi connectivity index (χ0v) is 27.6. The summed E-state index contributed by atoms with van der Waals surface area (Å²) in [6.45, 7) is 7.17. The lowest BCUT2D eigenvalue weighted by Gasteiger charge is -2.35. The number of aromatic nitrogens is 1. The highest BCUT2D eigenvalue weighted by molar-refractivity contribution is 5.99. The molecule has 3 heterocycles. The number of nitrogens with zero attached hydrogens (tertiary/aromatic N) is 4. The number of carbonyl (C=O) groups excluding carboxylic acids is 5. The van der Waals surface area contributed by atoms with Gasteiger partial charge < -0.3 is 39.3 Å². The molecule has 2 saturated heterocycles. The SMILES string of the molecule is CCOC(=O)C1CCN(C(=O)COc2cc(C(=O)N[C@@H](CCC(=O)O)C(=O)N3CCN(C(=O)OCC)CC3)nc3cc(C)ccc23)CC1. The van der Waals surface area contributed by atoms with Crippen LogP contribution in [0.4, 0.5) is 4.79 Å². The lowest BCUT2D eigenvalue weighted by atomic mass is 9.97. The van der Waals surface area contributed by atoms with Gasteiger partial charge in [0.05, 0.1) is 24.6 Å². The van der Waals surface area contributed by atoms with Crippen LogP contribution in [0, 0.1) is 12.8 Å². The Labute approximate surface area is 278 Å². The van der Waals surface area contributed by atoms with Gasteiger partial charge in [-0.05, 0) is 57.7 Å². The zero-order chi connectivity index (χ0) is 34.8. The Morgan fingerprint density at radius 2 is 1.58 bits per heavy atom. The minimum Gasteiger partial charge on any atom is -0.483 e. The average Bonchev–Trinajstić information content (AvgIpc) is 3.08. The lowest BCUT2D eigenvalue weighted by Crippen LogP contribution is -2.56. The van der Waals surface area contributed by atoms with Crippen molar-refractivity contribution in [3.63, 3.8) is 0 Å². The molecule has 0 spiro atoms. The molecule has 2 fully saturated rings. The number of fused-ring (bicyclic) bond motifs is 1. The molecule has 15 heteroatoms. The number of pyridine rings is 1. The molecule has 48 heavy (non-hydrogen) atoms. The summed E-state index contributed by atoms with van der Waals surface area (Å²) >= 11 is 0. The Morgan fingerprint density at radius 3 is 2.23 bits per heavy atom. The van der Waals surface area contributed by atoms with Gasteiger partial charge in [0.2, 0.25) is 5.91 Å². The Balaban J connectivity index is 1.47. The van der Waals surface area contributed by atoms with Crippen molar-refractivity contribution in [1.82, 2.24) is 25.0 Å². The fourth-order valence-corrected chi connectivity index (χ4v) is 5.70. The van der Waals surface area contributed by atoms with Gasteiger partial charge in [0.1, 0.15) is 17.5 Å². The molecule has 0 bridgehead atoms. The second kappa shape index (κ2) is 16.7. The molecule has 0 saturated carbocycles. The van der Waals surface area contributed by atoms with E-state index in [0.29, 0.717) is 43.4 Å². The van der Waals surface area contributed by atoms with Crippen LogP contribution in [-0.4, -0.2) is 126 Å². The first-order valence-electron chi connectivity index (χ1n) is 16.2. The molecule has 1 aromatic heterocycles. The number of aliphatic carboxylic acids is 1. The number of aryl methyl sites for hydroxylation is 1. The Bertz CT molecular complexity index is 1520. The second-order valence-electron chi connectivity index (χ2n) is 11.7. The molecule has 4 amide bonds. The van der Waals surface area contributed by atoms with Crippen LogP contribution in [-0.2, 0) is 28.7 Å². The number of likely N-dealkylation sites (tertiary alicyclic amines) is 1. The highest BCUT2D eigenvalue weighted by Crippen LogP contribution is 2.27. The lowest BCUT2D eigenvalue weighted by molar-refractivity contribution is -0.151. The maximum Gasteiger partial charge on any atom is 0.409 e. The number of hydrogen-bond donors (Lipinski definition) is 2. The van der Waals surface area contributed by atoms with Crippen LogP contribution in [0.3, 0.4) is 0 Å². The molecule has 4 rings (SSSR count). The number of carboxylic acids is 1. The first-order chi connectivity index (χ1) is 23.0. The summed E-state index contributed by atoms with van der Waals surface area (Å²) in [5, 5.41) is 12.5. The van der Waals surface area contributed by atoms with Crippen molar-refractivity contribution in [3.8, 4) is 5.75 Å². The summed E-state index contributed by atoms with van der Waals surface area (Å²) in [5.41, 5.74) is 1.23. The van der Waals surface area contributed by atoms with E-state index in [1.54, 1.807) is 30.9 Å². The molecule has 2 aliphatic rings. The minimum atomic E-state index is -1.17. The van der Waals surface area contributed by atoms with Gasteiger partial charge in [-0.15, -0.1) is 0 Å². The average molecular weight is 670 g/mol. The van der Waals surface area contributed by atoms with Gasteiger partial charge in [0, 0.05) is 57.1 Å². The van der Waals surface area contributed by atoms with Gasteiger partial charge in [-0.1, -0.05) is 6.07 Å². The van der Waals surface area contributed by atoms with E-state index in [9.17, 15) is 33.9 Å². The topological polar surface area (TPSA) is 185 Å². The van der Waals surface area contributed by atoms with Crippen LogP contribution < -0.4 is 10.1 Å². The van der Waals surface area contributed by atoms with E-state index < -0.39 is 29.9 Å². The van der Waals surface area contributed by atoms with Gasteiger partial charge in [-0.3, -0.25) is 24.0 Å². The van der Waals surface area contributed by atoms with Gasteiger partial charge in [0.15, 0.2) is 6.61 Å². The van der Waals surface area contributed by atoms with Crippen molar-refractivity contribution in [2.45, 2.75) is 52.5 Å². The number of amides is 4. The van der Waals surface area contributed by atoms with E-state index in [1.807, 2.05) is 13.0 Å². The van der Waals surface area contributed by atoms with E-state index in [1.165, 1.54) is 15.9 Å². The summed E-state index contributed by atoms with van der Waals surface area (Å²) in [6.07, 6.45) is -0.00632. The predicted molar refractivity (Wildman–Crippen MR) is 171 cm³/mol. The van der Waals surface area contributed by atoms with Crippen molar-refractivity contribution >= 4 is 46.7 Å². The van der Waals surface area contributed by atoms with E-state index in [4.69, 9.17) is 14.2 Å². The van der Waals surface area contributed by atoms with Crippen LogP contribution in [0.2, 0.25) is 0 Å². The Kier molecular flexibility index (Phi) is 12.5. The number of ether oxygens (including phenoxy) is 3. The van der Waals surface area contributed by atoms with Gasteiger partial charge >= 0.3 is 18.0 Å². The molecule has 2 aromatic rings. The fourth-order valence-electron chi connectivity index (χ4n) is 5.70. The minimum absolute atomic E-state index is 0.0777. The number of carboxylic acid groups (broad SMARTS) is 1. The normalized spacial score (nSPS) is 15.9. The third kappa shape index (κ3) is 9.32. The highest BCUT2D eigenvalue weighted by Gasteiger charge is 2.32. The maximum atomic E-state index is 13.6. The number of piperazine rings is 1. The van der Waals surface area contributed by atoms with Gasteiger partial charge in [-0.25, -0.2) is 9.78 Å². The van der Waals surface area contributed by atoms with Crippen LogP contribution in [0.5, 0.6) is 5.75 Å². The maximum absolute atomic E-state index is 13.6. The number of carbonyl (C=O) groups is 6. The smallest absolute Gasteiger partial charge is 0.409 e. The second-order valence-corrected chi connectivity index (χ2v) is 11.7. The molecular formula is C33H43N5O10. The van der Waals surface area contributed by atoms with Crippen LogP contribution in [0.15, 0.2) is 24.3 Å². The largest absolute Gasteiger partial charge is 0.483 e. The fraction of sp³-hybridized carbons (Fsp3) is 0.545. The molecule has 15 nitrogen and oxygen atoms in total. The number of hydrogen-bond acceptors (Lipinski definition) is 10. The highest BCUT2D eigenvalue weighted by atomic mass is 16.6. The number of esters is 1. The molecule has 260 valence electrons. The molecular weight excluding hydrogens is 626 g/mol. The first kappa shape index (κ1) is 35.9. The Morgan fingerprint density at radius 1 is 0.917 bits per heavy atom. The molecule has 0 aliphatic carbocycles. The van der Waals surface area contributed by atoms with Gasteiger partial charge in [-0.2, -0.15) is 0 Å². The quantitative estimate of drug-likeness (QED) is 0.315. The van der Waals surface area contributed by atoms with E-state index in [-0.39, 0.29) is 81.5 Å². The van der Waals surface area contributed by atoms with Crippen molar-refractivity contribution in [3.05, 3.63) is 35.5 Å². The van der Waals surface area contributed by atoms with Crippen molar-refractivity contribution in [2.24, 2.45) is 5.92 Å². The molecule has 0 unspecified atom stereocenters. The van der Waals surface area contributed by atoms with E-state index in [2.05, 4.69) is 10.3 Å². The van der Waals surface area contributed by atoms with E-state index >= 15 is 0 Å². The molecule has 2 N–H and O–H groups in total. The predicted octanol–water partition coefficient (Wildman–Crippen LogP) is 1.99. The monoisotopic (exact) mass is 669 g/mol. The van der Waals surface area contributed by atoms with Crippen LogP contribution in [0.1, 0.15) is 55.6 Å². The standard InChI is InChI=1S/C33H43N5O10/c1-4-46-32(44)22-10-12-36(13-11-22)28(39)20-48-27-19-26(34-25-18-21(3)6-7-23(25)27)30(42)35-24(8-9-29(40)41)31(43)37-14-16-38(17-15-37)33(45)47-5-2/h6-7,18-19,22,24H,4-5,8-17,20H2,1-3H3,(H,35,42)(H,40,41)/t24-/m0/s1. The number of piperidine rings is 1. The number of nitrogens with one attached hydrogen (secondary N) is 1. The van der Waals surface area contributed by atoms with Crippen LogP contribution >= 0.6 is 0 Å². The summed E-state index contributed by atoms with van der Waals surface area (Å²) < 4.78 is 16.1. The van der Waals surface area contributed by atoms with Crippen molar-refractivity contribution in [2.75, 3.05) is 59.1 Å². The number of benzene rings is 1. The first-order valence-corrected chi connectivity index (χ1v) is 16.2. The summed E-state index contributed by atoms with van der Waals surface area (Å²) in [6, 6.07) is 5.61. The molecule has 2 aliphatic heterocycles. The molecule has 0 radical (unpaired) electrons.